The number of allylic oxidation sites excluding steroid dienone is 1. The molecule has 0 fully saturated rings. The zero-order valence-corrected chi connectivity index (χ0v) is 22.5. The summed E-state index contributed by atoms with van der Waals surface area (Å²) in [5, 5.41) is 11.8. The number of rotatable bonds is 3. The van der Waals surface area contributed by atoms with Crippen molar-refractivity contribution in [2.45, 2.75) is 0 Å². The minimum absolute atomic E-state index is 0.899. The maximum absolute atomic E-state index is 6.26. The summed E-state index contributed by atoms with van der Waals surface area (Å²) in [7, 11) is 0. The van der Waals surface area contributed by atoms with E-state index >= 15 is 0 Å². The van der Waals surface area contributed by atoms with E-state index in [1.807, 2.05) is 12.2 Å². The molecule has 0 radical (unpaired) electrons. The van der Waals surface area contributed by atoms with Crippen LogP contribution in [0.4, 0.5) is 0 Å². The molecule has 0 atom stereocenters. The standard InChI is InChI=1S/C40H26O/c1-3-6-33-25(2)9-10-31-21-27(13-17-35(31)33)29-15-19-39-37(23-29)38-24-30(16-20-40(38)41-39)28-14-18-36-32(22-28)12-11-26-7-4-5-8-34(26)36/h3-24H,1-2H2/b33-6+. The molecule has 0 saturated carbocycles. The molecular weight excluding hydrogens is 496 g/mol. The largest absolute Gasteiger partial charge is 0.456 e. The Morgan fingerprint density at radius 3 is 1.71 bits per heavy atom. The molecule has 192 valence electrons. The third-order valence-corrected chi connectivity index (χ3v) is 8.32. The molecule has 41 heavy (non-hydrogen) atoms. The topological polar surface area (TPSA) is 13.1 Å². The summed E-state index contributed by atoms with van der Waals surface area (Å²) in [6, 6.07) is 43.6. The average molecular weight is 523 g/mol. The second-order valence-corrected chi connectivity index (χ2v) is 10.7. The molecule has 1 aromatic heterocycles. The molecule has 0 unspecified atom stereocenters. The zero-order chi connectivity index (χ0) is 27.5. The van der Waals surface area contributed by atoms with Crippen LogP contribution in [0.15, 0.2) is 138 Å². The fourth-order valence-electron chi connectivity index (χ4n) is 6.22. The monoisotopic (exact) mass is 522 g/mol. The fourth-order valence-corrected chi connectivity index (χ4v) is 6.22. The van der Waals surface area contributed by atoms with Crippen molar-refractivity contribution in [1.29, 1.82) is 0 Å². The number of hydrogen-bond acceptors (Lipinski definition) is 1. The molecule has 7 aromatic carbocycles. The van der Waals surface area contributed by atoms with E-state index in [-0.39, 0.29) is 0 Å². The van der Waals surface area contributed by atoms with Gasteiger partial charge in [-0.1, -0.05) is 110 Å². The number of furan rings is 1. The molecule has 8 aromatic rings. The fraction of sp³-hybridized carbons (Fsp3) is 0. The Morgan fingerprint density at radius 2 is 1.00 bits per heavy atom. The Labute approximate surface area is 237 Å². The first-order chi connectivity index (χ1) is 20.2. The highest BCUT2D eigenvalue weighted by atomic mass is 16.3. The Morgan fingerprint density at radius 1 is 0.463 bits per heavy atom. The van der Waals surface area contributed by atoms with Crippen LogP contribution in [0.5, 0.6) is 0 Å². The van der Waals surface area contributed by atoms with Crippen molar-refractivity contribution in [2.24, 2.45) is 0 Å². The van der Waals surface area contributed by atoms with Crippen LogP contribution in [-0.4, -0.2) is 0 Å². The second-order valence-electron chi connectivity index (χ2n) is 10.7. The van der Waals surface area contributed by atoms with Gasteiger partial charge in [-0.05, 0) is 101 Å². The van der Waals surface area contributed by atoms with E-state index in [0.29, 0.717) is 0 Å². The summed E-state index contributed by atoms with van der Waals surface area (Å²) in [5.74, 6) is 0. The molecule has 0 spiro atoms. The van der Waals surface area contributed by atoms with E-state index in [1.165, 1.54) is 49.0 Å². The van der Waals surface area contributed by atoms with E-state index in [1.54, 1.807) is 0 Å². The lowest BCUT2D eigenvalue weighted by molar-refractivity contribution is 0.669. The van der Waals surface area contributed by atoms with Crippen LogP contribution in [0.2, 0.25) is 0 Å². The Kier molecular flexibility index (Phi) is 5.20. The third kappa shape index (κ3) is 3.78. The first-order valence-corrected chi connectivity index (χ1v) is 13.9. The molecule has 0 aliphatic rings. The summed E-state index contributed by atoms with van der Waals surface area (Å²) in [6.07, 6.45) is 3.85. The van der Waals surface area contributed by atoms with Gasteiger partial charge in [0.15, 0.2) is 0 Å². The molecule has 0 aliphatic heterocycles. The lowest BCUT2D eigenvalue weighted by atomic mass is 9.96. The molecule has 0 amide bonds. The summed E-state index contributed by atoms with van der Waals surface area (Å²) in [4.78, 5) is 0. The van der Waals surface area contributed by atoms with Crippen LogP contribution in [-0.2, 0) is 0 Å². The summed E-state index contributed by atoms with van der Waals surface area (Å²) in [5.41, 5.74) is 6.52. The minimum Gasteiger partial charge on any atom is -0.456 e. The van der Waals surface area contributed by atoms with Crippen molar-refractivity contribution >= 4 is 66.9 Å². The van der Waals surface area contributed by atoms with Crippen LogP contribution in [0.1, 0.15) is 0 Å². The van der Waals surface area contributed by atoms with Gasteiger partial charge in [-0.25, -0.2) is 0 Å². The van der Waals surface area contributed by atoms with Crippen LogP contribution in [0, 0.1) is 0 Å². The second kappa shape index (κ2) is 9.08. The van der Waals surface area contributed by atoms with Crippen LogP contribution in [0.25, 0.3) is 89.2 Å². The molecule has 1 nitrogen and oxygen atoms in total. The minimum atomic E-state index is 0.899. The molecule has 8 rings (SSSR count). The molecule has 1 heteroatoms. The van der Waals surface area contributed by atoms with Crippen molar-refractivity contribution in [1.82, 2.24) is 0 Å². The van der Waals surface area contributed by atoms with Crippen molar-refractivity contribution in [3.05, 3.63) is 144 Å². The molecular formula is C40H26O. The maximum atomic E-state index is 6.26. The van der Waals surface area contributed by atoms with Crippen molar-refractivity contribution in [2.75, 3.05) is 0 Å². The first-order valence-electron chi connectivity index (χ1n) is 13.9. The summed E-state index contributed by atoms with van der Waals surface area (Å²) in [6.45, 7) is 8.07. The summed E-state index contributed by atoms with van der Waals surface area (Å²) < 4.78 is 6.26. The Bertz CT molecular complexity index is 2460. The highest BCUT2D eigenvalue weighted by Crippen LogP contribution is 2.36. The predicted octanol–water partition coefficient (Wildman–Crippen LogP) is 9.76. The quantitative estimate of drug-likeness (QED) is 0.211. The van der Waals surface area contributed by atoms with Gasteiger partial charge in [-0.2, -0.15) is 0 Å². The maximum Gasteiger partial charge on any atom is 0.135 e. The van der Waals surface area contributed by atoms with Gasteiger partial charge in [0.2, 0.25) is 0 Å². The van der Waals surface area contributed by atoms with Gasteiger partial charge in [0, 0.05) is 10.8 Å². The number of fused-ring (bicyclic) bond motifs is 7. The van der Waals surface area contributed by atoms with Gasteiger partial charge >= 0.3 is 0 Å². The van der Waals surface area contributed by atoms with E-state index < -0.39 is 0 Å². The van der Waals surface area contributed by atoms with Crippen molar-refractivity contribution < 1.29 is 4.42 Å². The number of hydrogen-bond donors (Lipinski definition) is 0. The van der Waals surface area contributed by atoms with Gasteiger partial charge in [-0.15, -0.1) is 0 Å². The molecule has 0 N–H and O–H groups in total. The normalized spacial score (nSPS) is 12.2. The van der Waals surface area contributed by atoms with Crippen LogP contribution < -0.4 is 10.4 Å². The van der Waals surface area contributed by atoms with E-state index in [2.05, 4.69) is 134 Å². The molecule has 0 aliphatic carbocycles. The van der Waals surface area contributed by atoms with Gasteiger partial charge in [-0.3, -0.25) is 0 Å². The highest BCUT2D eigenvalue weighted by Gasteiger charge is 2.12. The van der Waals surface area contributed by atoms with E-state index in [0.717, 1.165) is 37.9 Å². The summed E-state index contributed by atoms with van der Waals surface area (Å²) >= 11 is 0. The third-order valence-electron chi connectivity index (χ3n) is 8.32. The van der Waals surface area contributed by atoms with Gasteiger partial charge < -0.3 is 4.42 Å². The van der Waals surface area contributed by atoms with Crippen LogP contribution >= 0.6 is 0 Å². The highest BCUT2D eigenvalue weighted by molar-refractivity contribution is 6.10. The predicted molar refractivity (Wildman–Crippen MR) is 177 cm³/mol. The van der Waals surface area contributed by atoms with E-state index in [4.69, 9.17) is 4.42 Å². The molecule has 0 saturated heterocycles. The zero-order valence-electron chi connectivity index (χ0n) is 22.5. The Hall–Kier alpha value is -5.40. The van der Waals surface area contributed by atoms with E-state index in [9.17, 15) is 0 Å². The lowest BCUT2D eigenvalue weighted by Crippen LogP contribution is -2.23. The van der Waals surface area contributed by atoms with Gasteiger partial charge in [0.05, 0.1) is 0 Å². The SMILES string of the molecule is C=C/C=c1\c(=C)ccc2cc(-c3ccc4oc5ccc(-c6ccc7c(ccc8ccccc87)c6)cc5c4c3)ccc12. The molecule has 1 heterocycles. The van der Waals surface area contributed by atoms with Gasteiger partial charge in [0.25, 0.3) is 0 Å². The van der Waals surface area contributed by atoms with Crippen molar-refractivity contribution in [3.63, 3.8) is 0 Å². The van der Waals surface area contributed by atoms with Crippen molar-refractivity contribution in [3.8, 4) is 22.3 Å². The van der Waals surface area contributed by atoms with Crippen LogP contribution in [0.3, 0.4) is 0 Å². The van der Waals surface area contributed by atoms with Gasteiger partial charge in [0.1, 0.15) is 11.2 Å². The Balaban J connectivity index is 1.25. The smallest absolute Gasteiger partial charge is 0.135 e. The number of benzene rings is 7. The average Bonchev–Trinajstić information content (AvgIpc) is 3.39. The molecule has 0 bridgehead atoms. The lowest BCUT2D eigenvalue weighted by Gasteiger charge is -2.08. The first kappa shape index (κ1) is 23.5.